The van der Waals surface area contributed by atoms with Gasteiger partial charge in [0.15, 0.2) is 0 Å². The second-order valence-corrected chi connectivity index (χ2v) is 4.60. The van der Waals surface area contributed by atoms with Gasteiger partial charge in [0.2, 0.25) is 0 Å². The van der Waals surface area contributed by atoms with Crippen molar-refractivity contribution in [2.45, 2.75) is 25.6 Å². The first-order valence-corrected chi connectivity index (χ1v) is 6.49. The van der Waals surface area contributed by atoms with Gasteiger partial charge in [-0.05, 0) is 25.0 Å². The van der Waals surface area contributed by atoms with Crippen molar-refractivity contribution in [2.75, 3.05) is 17.6 Å². The van der Waals surface area contributed by atoms with Crippen LogP contribution in [-0.4, -0.2) is 21.1 Å². The van der Waals surface area contributed by atoms with Gasteiger partial charge in [0, 0.05) is 25.5 Å². The number of anilines is 2. The lowest BCUT2D eigenvalue weighted by Gasteiger charge is -2.11. The maximum atomic E-state index is 12.6. The van der Waals surface area contributed by atoms with E-state index >= 15 is 0 Å². The SMILES string of the molecule is Nc1cc(C(F)(F)F)cc(NCCCCn2ccnc2)n1. The minimum Gasteiger partial charge on any atom is -0.384 e. The highest BCUT2D eigenvalue weighted by atomic mass is 19.4. The number of hydrogen-bond acceptors (Lipinski definition) is 4. The standard InChI is InChI=1S/C13H16F3N5/c14-13(15,16)10-7-11(17)20-12(8-10)19-3-1-2-5-21-6-4-18-9-21/h4,6-9H,1-3,5H2,(H3,17,19,20). The third-order valence-corrected chi connectivity index (χ3v) is 2.88. The van der Waals surface area contributed by atoms with Crippen LogP contribution in [0.4, 0.5) is 24.8 Å². The van der Waals surface area contributed by atoms with Gasteiger partial charge in [-0.2, -0.15) is 13.2 Å². The minimum atomic E-state index is -4.42. The Bertz CT molecular complexity index is 566. The molecule has 21 heavy (non-hydrogen) atoms. The summed E-state index contributed by atoms with van der Waals surface area (Å²) in [6.07, 6.45) is 2.56. The van der Waals surface area contributed by atoms with E-state index < -0.39 is 11.7 Å². The normalized spacial score (nSPS) is 11.6. The molecule has 0 atom stereocenters. The van der Waals surface area contributed by atoms with Crippen LogP contribution in [0.2, 0.25) is 0 Å². The predicted molar refractivity (Wildman–Crippen MR) is 73.6 cm³/mol. The fraction of sp³-hybridized carbons (Fsp3) is 0.385. The highest BCUT2D eigenvalue weighted by Crippen LogP contribution is 2.31. The molecule has 0 saturated heterocycles. The molecule has 114 valence electrons. The topological polar surface area (TPSA) is 68.8 Å². The Labute approximate surface area is 120 Å². The summed E-state index contributed by atoms with van der Waals surface area (Å²) in [4.78, 5) is 7.77. The smallest absolute Gasteiger partial charge is 0.384 e. The van der Waals surface area contributed by atoms with Crippen molar-refractivity contribution in [3.05, 3.63) is 36.4 Å². The lowest BCUT2D eigenvalue weighted by Crippen LogP contribution is -2.10. The van der Waals surface area contributed by atoms with Gasteiger partial charge in [-0.25, -0.2) is 9.97 Å². The molecule has 2 heterocycles. The molecule has 0 aromatic carbocycles. The summed E-state index contributed by atoms with van der Waals surface area (Å²) in [6.45, 7) is 1.35. The summed E-state index contributed by atoms with van der Waals surface area (Å²) in [5, 5.41) is 2.86. The van der Waals surface area contributed by atoms with Crippen molar-refractivity contribution in [1.29, 1.82) is 0 Å². The second-order valence-electron chi connectivity index (χ2n) is 4.60. The van der Waals surface area contributed by atoms with Gasteiger partial charge in [0.1, 0.15) is 11.6 Å². The summed E-state index contributed by atoms with van der Waals surface area (Å²) < 4.78 is 39.8. The first-order chi connectivity index (χ1) is 9.95. The number of rotatable bonds is 6. The Balaban J connectivity index is 1.81. The van der Waals surface area contributed by atoms with E-state index in [9.17, 15) is 13.2 Å². The Morgan fingerprint density at radius 2 is 2.05 bits per heavy atom. The van der Waals surface area contributed by atoms with Crippen LogP contribution in [0.3, 0.4) is 0 Å². The van der Waals surface area contributed by atoms with Crippen molar-refractivity contribution < 1.29 is 13.2 Å². The number of alkyl halides is 3. The number of nitrogens with zero attached hydrogens (tertiary/aromatic N) is 3. The number of nitrogens with two attached hydrogens (primary N) is 1. The van der Waals surface area contributed by atoms with E-state index in [2.05, 4.69) is 15.3 Å². The molecule has 0 aliphatic rings. The van der Waals surface area contributed by atoms with Gasteiger partial charge in [-0.3, -0.25) is 0 Å². The van der Waals surface area contributed by atoms with Gasteiger partial charge < -0.3 is 15.6 Å². The van der Waals surface area contributed by atoms with E-state index in [1.54, 1.807) is 12.5 Å². The van der Waals surface area contributed by atoms with Crippen LogP contribution in [-0.2, 0) is 12.7 Å². The van der Waals surface area contributed by atoms with E-state index in [1.807, 2.05) is 10.8 Å². The largest absolute Gasteiger partial charge is 0.416 e. The Morgan fingerprint density at radius 3 is 2.71 bits per heavy atom. The van der Waals surface area contributed by atoms with Gasteiger partial charge in [-0.1, -0.05) is 0 Å². The lowest BCUT2D eigenvalue weighted by atomic mass is 10.2. The van der Waals surface area contributed by atoms with Crippen LogP contribution in [0.5, 0.6) is 0 Å². The molecule has 0 saturated carbocycles. The van der Waals surface area contributed by atoms with Crippen molar-refractivity contribution in [1.82, 2.24) is 14.5 Å². The molecule has 5 nitrogen and oxygen atoms in total. The van der Waals surface area contributed by atoms with Crippen LogP contribution in [0.15, 0.2) is 30.9 Å². The maximum Gasteiger partial charge on any atom is 0.416 e. The number of halogens is 3. The highest BCUT2D eigenvalue weighted by Gasteiger charge is 2.31. The number of pyridine rings is 1. The van der Waals surface area contributed by atoms with Gasteiger partial charge in [0.25, 0.3) is 0 Å². The first-order valence-electron chi connectivity index (χ1n) is 6.49. The van der Waals surface area contributed by atoms with E-state index in [0.717, 1.165) is 31.5 Å². The molecular formula is C13H16F3N5. The molecule has 0 aliphatic carbocycles. The molecule has 2 aromatic heterocycles. The number of aromatic nitrogens is 3. The zero-order valence-corrected chi connectivity index (χ0v) is 11.3. The zero-order chi connectivity index (χ0) is 15.3. The third-order valence-electron chi connectivity index (χ3n) is 2.88. The number of unbranched alkanes of at least 4 members (excludes halogenated alkanes) is 1. The summed E-state index contributed by atoms with van der Waals surface area (Å²) >= 11 is 0. The molecule has 2 aromatic rings. The van der Waals surface area contributed by atoms with Gasteiger partial charge in [-0.15, -0.1) is 0 Å². The minimum absolute atomic E-state index is 0.143. The van der Waals surface area contributed by atoms with Crippen LogP contribution < -0.4 is 11.1 Å². The molecule has 2 rings (SSSR count). The van der Waals surface area contributed by atoms with Crippen molar-refractivity contribution in [3.8, 4) is 0 Å². The number of hydrogen-bond donors (Lipinski definition) is 2. The van der Waals surface area contributed by atoms with E-state index in [0.29, 0.717) is 6.54 Å². The average molecular weight is 299 g/mol. The third kappa shape index (κ3) is 4.66. The summed E-state index contributed by atoms with van der Waals surface area (Å²) in [6, 6.07) is 1.79. The number of nitrogen functional groups attached to an aromatic ring is 1. The van der Waals surface area contributed by atoms with Gasteiger partial charge >= 0.3 is 6.18 Å². The Hall–Kier alpha value is -2.25. The summed E-state index contributed by atoms with van der Waals surface area (Å²) in [5.74, 6) is -0.00398. The first kappa shape index (κ1) is 15.1. The quantitative estimate of drug-likeness (QED) is 0.805. The molecule has 0 radical (unpaired) electrons. The van der Waals surface area contributed by atoms with Crippen molar-refractivity contribution >= 4 is 11.6 Å². The van der Waals surface area contributed by atoms with E-state index in [4.69, 9.17) is 5.73 Å². The molecule has 0 spiro atoms. The fourth-order valence-electron chi connectivity index (χ4n) is 1.86. The number of aryl methyl sites for hydroxylation is 1. The monoisotopic (exact) mass is 299 g/mol. The maximum absolute atomic E-state index is 12.6. The second kappa shape index (κ2) is 6.47. The van der Waals surface area contributed by atoms with Crippen molar-refractivity contribution in [3.63, 3.8) is 0 Å². The van der Waals surface area contributed by atoms with Crippen molar-refractivity contribution in [2.24, 2.45) is 0 Å². The number of imidazole rings is 1. The molecular weight excluding hydrogens is 283 g/mol. The molecule has 0 bridgehead atoms. The zero-order valence-electron chi connectivity index (χ0n) is 11.3. The number of nitrogens with one attached hydrogen (secondary N) is 1. The lowest BCUT2D eigenvalue weighted by molar-refractivity contribution is -0.137. The molecule has 0 fully saturated rings. The van der Waals surface area contributed by atoms with E-state index in [-0.39, 0.29) is 11.6 Å². The molecule has 0 amide bonds. The van der Waals surface area contributed by atoms with Crippen LogP contribution in [0.25, 0.3) is 0 Å². The van der Waals surface area contributed by atoms with Crippen LogP contribution in [0, 0.1) is 0 Å². The Morgan fingerprint density at radius 1 is 1.24 bits per heavy atom. The molecule has 8 heteroatoms. The molecule has 3 N–H and O–H groups in total. The van der Waals surface area contributed by atoms with Crippen LogP contribution >= 0.6 is 0 Å². The fourth-order valence-corrected chi connectivity index (χ4v) is 1.86. The molecule has 0 aliphatic heterocycles. The highest BCUT2D eigenvalue weighted by molar-refractivity contribution is 5.47. The Kier molecular flexibility index (Phi) is 4.66. The summed E-state index contributed by atoms with van der Waals surface area (Å²) in [7, 11) is 0. The van der Waals surface area contributed by atoms with E-state index in [1.165, 1.54) is 0 Å². The van der Waals surface area contributed by atoms with Crippen LogP contribution in [0.1, 0.15) is 18.4 Å². The summed E-state index contributed by atoms with van der Waals surface area (Å²) in [5.41, 5.74) is 4.59. The van der Waals surface area contributed by atoms with Gasteiger partial charge in [0.05, 0.1) is 11.9 Å². The average Bonchev–Trinajstić information content (AvgIpc) is 2.90. The molecule has 0 unspecified atom stereocenters. The predicted octanol–water partition coefficient (Wildman–Crippen LogP) is 2.77.